The summed E-state index contributed by atoms with van der Waals surface area (Å²) in [5.74, 6) is 0.705. The van der Waals surface area contributed by atoms with Crippen LogP contribution in [0.5, 0.6) is 0 Å². The van der Waals surface area contributed by atoms with Gasteiger partial charge in [-0.1, -0.05) is 84.9 Å². The van der Waals surface area contributed by atoms with E-state index in [-0.39, 0.29) is 0 Å². The zero-order valence-electron chi connectivity index (χ0n) is 17.0. The molecule has 0 aliphatic rings. The molecule has 32 heavy (non-hydrogen) atoms. The van der Waals surface area contributed by atoms with Crippen molar-refractivity contribution >= 4 is 44.5 Å². The first-order valence-corrected chi connectivity index (χ1v) is 11.5. The Kier molecular flexibility index (Phi) is 4.72. The van der Waals surface area contributed by atoms with Crippen molar-refractivity contribution in [1.29, 1.82) is 0 Å². The van der Waals surface area contributed by atoms with E-state index in [9.17, 15) is 0 Å². The summed E-state index contributed by atoms with van der Waals surface area (Å²) in [6.45, 7) is 0. The van der Waals surface area contributed by atoms with Crippen molar-refractivity contribution in [3.05, 3.63) is 107 Å². The number of nitrogens with zero attached hydrogens (tertiary/aromatic N) is 2. The first kappa shape index (κ1) is 19.2. The molecule has 0 N–H and O–H groups in total. The Balaban J connectivity index is 1.48. The van der Waals surface area contributed by atoms with E-state index in [4.69, 9.17) is 14.4 Å². The minimum Gasteiger partial charge on any atom is -0.456 e. The second kappa shape index (κ2) is 7.88. The fourth-order valence-electron chi connectivity index (χ4n) is 4.11. The third-order valence-electron chi connectivity index (χ3n) is 5.63. The van der Waals surface area contributed by atoms with Crippen LogP contribution in [0, 0.1) is 3.70 Å². The Bertz CT molecular complexity index is 1570. The summed E-state index contributed by atoms with van der Waals surface area (Å²) >= 11 is 2.27. The zero-order valence-corrected chi connectivity index (χ0v) is 19.2. The van der Waals surface area contributed by atoms with Crippen molar-refractivity contribution in [2.45, 2.75) is 0 Å². The van der Waals surface area contributed by atoms with Crippen molar-refractivity contribution in [3.8, 4) is 33.8 Å². The average Bonchev–Trinajstić information content (AvgIpc) is 3.23. The van der Waals surface area contributed by atoms with Crippen LogP contribution in [0.2, 0.25) is 0 Å². The molecule has 4 heteroatoms. The maximum atomic E-state index is 6.06. The first-order valence-electron chi connectivity index (χ1n) is 10.4. The summed E-state index contributed by atoms with van der Waals surface area (Å²) in [7, 11) is 0. The number of halogens is 1. The van der Waals surface area contributed by atoms with E-state index in [0.717, 1.165) is 42.5 Å². The van der Waals surface area contributed by atoms with E-state index < -0.39 is 0 Å². The SMILES string of the molecule is Ic1cc(-c2ccc(-c3ccccc3)cc2)nc(-c2cccc3oc4ccccc4c23)n1. The molecule has 0 fully saturated rings. The highest BCUT2D eigenvalue weighted by Crippen LogP contribution is 2.36. The van der Waals surface area contributed by atoms with Crippen LogP contribution in [0.15, 0.2) is 108 Å². The molecule has 0 bridgehead atoms. The lowest BCUT2D eigenvalue weighted by Gasteiger charge is -2.08. The number of para-hydroxylation sites is 1. The van der Waals surface area contributed by atoms with Gasteiger partial charge < -0.3 is 4.42 Å². The van der Waals surface area contributed by atoms with Gasteiger partial charge in [0.15, 0.2) is 5.82 Å². The average molecular weight is 524 g/mol. The van der Waals surface area contributed by atoms with Crippen molar-refractivity contribution < 1.29 is 4.42 Å². The standard InChI is InChI=1S/C28H17IN2O/c29-26-17-23(20-15-13-19(14-16-20)18-7-2-1-3-8-18)30-28(31-26)22-10-6-12-25-27(22)21-9-4-5-11-24(21)32-25/h1-17H. The van der Waals surface area contributed by atoms with Gasteiger partial charge in [-0.15, -0.1) is 0 Å². The molecule has 0 atom stereocenters. The molecular formula is C28H17IN2O. The number of hydrogen-bond acceptors (Lipinski definition) is 3. The van der Waals surface area contributed by atoms with E-state index in [1.165, 1.54) is 11.1 Å². The maximum absolute atomic E-state index is 6.06. The third-order valence-corrected chi connectivity index (χ3v) is 6.18. The normalized spacial score (nSPS) is 11.3. The molecule has 152 valence electrons. The second-order valence-corrected chi connectivity index (χ2v) is 8.73. The molecule has 4 aromatic carbocycles. The molecule has 0 saturated carbocycles. The summed E-state index contributed by atoms with van der Waals surface area (Å²) < 4.78 is 6.96. The second-order valence-electron chi connectivity index (χ2n) is 7.62. The molecule has 2 heterocycles. The highest BCUT2D eigenvalue weighted by molar-refractivity contribution is 14.1. The lowest BCUT2D eigenvalue weighted by atomic mass is 10.0. The minimum atomic E-state index is 0.705. The van der Waals surface area contributed by atoms with Crippen molar-refractivity contribution in [1.82, 2.24) is 9.97 Å². The summed E-state index contributed by atoms with van der Waals surface area (Å²) in [6.07, 6.45) is 0. The molecule has 0 aliphatic heterocycles. The molecule has 0 spiro atoms. The third kappa shape index (κ3) is 3.37. The van der Waals surface area contributed by atoms with Gasteiger partial charge in [0.1, 0.15) is 14.9 Å². The Morgan fingerprint density at radius 1 is 0.594 bits per heavy atom. The number of furan rings is 1. The fourth-order valence-corrected chi connectivity index (χ4v) is 4.63. The van der Waals surface area contributed by atoms with Crippen molar-refractivity contribution in [2.75, 3.05) is 0 Å². The van der Waals surface area contributed by atoms with E-state index in [2.05, 4.69) is 83.3 Å². The lowest BCUT2D eigenvalue weighted by molar-refractivity contribution is 0.669. The molecule has 6 aromatic rings. The topological polar surface area (TPSA) is 38.9 Å². The van der Waals surface area contributed by atoms with Crippen LogP contribution >= 0.6 is 22.6 Å². The molecule has 0 amide bonds. The highest BCUT2D eigenvalue weighted by Gasteiger charge is 2.15. The van der Waals surface area contributed by atoms with Gasteiger partial charge in [-0.05, 0) is 51.9 Å². The van der Waals surface area contributed by atoms with Crippen LogP contribution in [-0.4, -0.2) is 9.97 Å². The van der Waals surface area contributed by atoms with Crippen LogP contribution in [0.4, 0.5) is 0 Å². The van der Waals surface area contributed by atoms with Crippen LogP contribution in [-0.2, 0) is 0 Å². The largest absolute Gasteiger partial charge is 0.456 e. The van der Waals surface area contributed by atoms with E-state index >= 15 is 0 Å². The van der Waals surface area contributed by atoms with Crippen LogP contribution in [0.25, 0.3) is 55.7 Å². The number of aromatic nitrogens is 2. The van der Waals surface area contributed by atoms with Crippen LogP contribution in [0.3, 0.4) is 0 Å². The van der Waals surface area contributed by atoms with E-state index in [0.29, 0.717) is 5.82 Å². The summed E-state index contributed by atoms with van der Waals surface area (Å²) in [5, 5.41) is 2.13. The summed E-state index contributed by atoms with van der Waals surface area (Å²) in [6, 6.07) is 35.1. The van der Waals surface area contributed by atoms with Crippen LogP contribution in [0.1, 0.15) is 0 Å². The predicted molar refractivity (Wildman–Crippen MR) is 138 cm³/mol. The maximum Gasteiger partial charge on any atom is 0.161 e. The monoisotopic (exact) mass is 524 g/mol. The van der Waals surface area contributed by atoms with E-state index in [1.54, 1.807) is 0 Å². The molecule has 0 aliphatic carbocycles. The quantitative estimate of drug-likeness (QED) is 0.174. The Labute approximate surface area is 198 Å². The molecular weight excluding hydrogens is 507 g/mol. The van der Waals surface area contributed by atoms with Gasteiger partial charge in [-0.2, -0.15) is 0 Å². The molecule has 3 nitrogen and oxygen atoms in total. The number of fused-ring (bicyclic) bond motifs is 3. The van der Waals surface area contributed by atoms with Crippen molar-refractivity contribution in [3.63, 3.8) is 0 Å². The smallest absolute Gasteiger partial charge is 0.161 e. The highest BCUT2D eigenvalue weighted by atomic mass is 127. The fraction of sp³-hybridized carbons (Fsp3) is 0. The van der Waals surface area contributed by atoms with Gasteiger partial charge in [0, 0.05) is 21.9 Å². The molecule has 2 aromatic heterocycles. The molecule has 6 rings (SSSR count). The molecule has 0 radical (unpaired) electrons. The Morgan fingerprint density at radius 3 is 2.12 bits per heavy atom. The Hall–Kier alpha value is -3.51. The first-order chi connectivity index (χ1) is 15.8. The van der Waals surface area contributed by atoms with Gasteiger partial charge in [-0.25, -0.2) is 9.97 Å². The molecule has 0 unspecified atom stereocenters. The van der Waals surface area contributed by atoms with Gasteiger partial charge >= 0.3 is 0 Å². The number of rotatable bonds is 3. The van der Waals surface area contributed by atoms with Gasteiger partial charge in [0.25, 0.3) is 0 Å². The van der Waals surface area contributed by atoms with Gasteiger partial charge in [0.05, 0.1) is 5.69 Å². The van der Waals surface area contributed by atoms with Gasteiger partial charge in [0.2, 0.25) is 0 Å². The van der Waals surface area contributed by atoms with E-state index in [1.807, 2.05) is 42.5 Å². The minimum absolute atomic E-state index is 0.705. The number of benzene rings is 4. The van der Waals surface area contributed by atoms with Crippen molar-refractivity contribution in [2.24, 2.45) is 0 Å². The summed E-state index contributed by atoms with van der Waals surface area (Å²) in [5.41, 5.74) is 7.06. The number of hydrogen-bond donors (Lipinski definition) is 0. The predicted octanol–water partition coefficient (Wildman–Crippen LogP) is 7.98. The van der Waals surface area contributed by atoms with Gasteiger partial charge in [-0.3, -0.25) is 0 Å². The molecule has 0 saturated heterocycles. The Morgan fingerprint density at radius 2 is 1.28 bits per heavy atom. The zero-order chi connectivity index (χ0) is 21.5. The summed E-state index contributed by atoms with van der Waals surface area (Å²) in [4.78, 5) is 9.72. The lowest BCUT2D eigenvalue weighted by Crippen LogP contribution is -1.95. The van der Waals surface area contributed by atoms with Crippen LogP contribution < -0.4 is 0 Å².